The Bertz CT molecular complexity index is 896. The van der Waals surface area contributed by atoms with E-state index in [4.69, 9.17) is 0 Å². The van der Waals surface area contributed by atoms with Crippen molar-refractivity contribution in [2.75, 3.05) is 5.32 Å². The predicted octanol–water partition coefficient (Wildman–Crippen LogP) is 4.22. The fraction of sp³-hybridized carbons (Fsp3) is 0.450. The van der Waals surface area contributed by atoms with Crippen LogP contribution in [0.25, 0.3) is 0 Å². The van der Waals surface area contributed by atoms with Crippen LogP contribution in [-0.4, -0.2) is 32.5 Å². The Kier molecular flexibility index (Phi) is 5.76. The molecule has 0 aliphatic carbocycles. The lowest BCUT2D eigenvalue weighted by Gasteiger charge is -2.34. The van der Waals surface area contributed by atoms with E-state index >= 15 is 0 Å². The molecular formula is C20H24F2N4O2. The highest BCUT2D eigenvalue weighted by Crippen LogP contribution is 2.24. The van der Waals surface area contributed by atoms with Gasteiger partial charge in [-0.3, -0.25) is 9.48 Å². The van der Waals surface area contributed by atoms with Gasteiger partial charge in [0, 0.05) is 18.2 Å². The van der Waals surface area contributed by atoms with Gasteiger partial charge in [0.2, 0.25) is 0 Å². The van der Waals surface area contributed by atoms with Crippen LogP contribution in [0, 0.1) is 17.6 Å². The van der Waals surface area contributed by atoms with Crippen LogP contribution in [0.4, 0.5) is 19.3 Å². The molecule has 2 amide bonds. The summed E-state index contributed by atoms with van der Waals surface area (Å²) >= 11 is 0. The first-order chi connectivity index (χ1) is 13.3. The SMILES string of the molecule is CC[C@@H](C)CC(=O)c1cnn2c1CN(C(=O)Nc1ccc(F)c(F)c1)[C@@H](C)C2. The number of rotatable bonds is 5. The van der Waals surface area contributed by atoms with E-state index in [2.05, 4.69) is 10.4 Å². The molecule has 1 aromatic carbocycles. The number of hydrogen-bond donors (Lipinski definition) is 1. The number of ketones is 1. The van der Waals surface area contributed by atoms with E-state index in [0.717, 1.165) is 18.6 Å². The maximum Gasteiger partial charge on any atom is 0.322 e. The Balaban J connectivity index is 1.77. The zero-order valence-corrected chi connectivity index (χ0v) is 16.2. The molecule has 28 heavy (non-hydrogen) atoms. The fourth-order valence-corrected chi connectivity index (χ4v) is 3.25. The molecule has 1 aliphatic heterocycles. The van der Waals surface area contributed by atoms with Crippen LogP contribution in [0.2, 0.25) is 0 Å². The summed E-state index contributed by atoms with van der Waals surface area (Å²) in [7, 11) is 0. The van der Waals surface area contributed by atoms with E-state index in [1.807, 2.05) is 20.8 Å². The molecule has 2 heterocycles. The number of carbonyl (C=O) groups is 2. The molecule has 2 aromatic rings. The maximum atomic E-state index is 13.4. The van der Waals surface area contributed by atoms with E-state index in [9.17, 15) is 18.4 Å². The minimum absolute atomic E-state index is 0.0196. The van der Waals surface area contributed by atoms with E-state index < -0.39 is 17.7 Å². The number of nitrogens with one attached hydrogen (secondary N) is 1. The van der Waals surface area contributed by atoms with Crippen molar-refractivity contribution in [3.8, 4) is 0 Å². The van der Waals surface area contributed by atoms with Gasteiger partial charge in [-0.25, -0.2) is 13.6 Å². The second-order valence-corrected chi connectivity index (χ2v) is 7.36. The van der Waals surface area contributed by atoms with E-state index in [-0.39, 0.29) is 30.0 Å². The first-order valence-corrected chi connectivity index (χ1v) is 9.40. The molecule has 0 bridgehead atoms. The van der Waals surface area contributed by atoms with Crippen molar-refractivity contribution in [2.45, 2.75) is 52.7 Å². The number of hydrogen-bond acceptors (Lipinski definition) is 3. The number of urea groups is 1. The Hall–Kier alpha value is -2.77. The lowest BCUT2D eigenvalue weighted by molar-refractivity contribution is 0.0958. The third-order valence-corrected chi connectivity index (χ3v) is 5.20. The highest BCUT2D eigenvalue weighted by atomic mass is 19.2. The molecule has 0 spiro atoms. The van der Waals surface area contributed by atoms with Gasteiger partial charge in [-0.2, -0.15) is 5.10 Å². The van der Waals surface area contributed by atoms with Gasteiger partial charge in [-0.15, -0.1) is 0 Å². The molecule has 0 saturated heterocycles. The van der Waals surface area contributed by atoms with Gasteiger partial charge in [0.05, 0.1) is 36.6 Å². The van der Waals surface area contributed by atoms with Gasteiger partial charge in [-0.1, -0.05) is 20.3 Å². The minimum atomic E-state index is -1.03. The third-order valence-electron chi connectivity index (χ3n) is 5.20. The quantitative estimate of drug-likeness (QED) is 0.778. The standard InChI is InChI=1S/C20H24F2N4O2/c1-4-12(2)7-19(27)15-9-23-26-10-13(3)25(11-18(15)26)20(28)24-14-5-6-16(21)17(22)8-14/h5-6,8-9,12-13H,4,7,10-11H2,1-3H3,(H,24,28)/t12-,13+/m1/s1. The normalized spacial score (nSPS) is 17.2. The molecular weight excluding hydrogens is 366 g/mol. The molecule has 1 aliphatic rings. The Morgan fingerprint density at radius 2 is 2.07 bits per heavy atom. The number of anilines is 1. The summed E-state index contributed by atoms with van der Waals surface area (Å²) < 4.78 is 28.2. The molecule has 0 saturated carbocycles. The van der Waals surface area contributed by atoms with Crippen molar-refractivity contribution < 1.29 is 18.4 Å². The molecule has 0 fully saturated rings. The van der Waals surface area contributed by atoms with E-state index in [1.54, 1.807) is 15.8 Å². The molecule has 150 valence electrons. The summed E-state index contributed by atoms with van der Waals surface area (Å²) in [5.41, 5.74) is 1.41. The van der Waals surface area contributed by atoms with Crippen molar-refractivity contribution in [1.82, 2.24) is 14.7 Å². The Labute approximate surface area is 162 Å². The first kappa shape index (κ1) is 20.0. The molecule has 0 unspecified atom stereocenters. The summed E-state index contributed by atoms with van der Waals surface area (Å²) in [4.78, 5) is 26.9. The molecule has 1 aromatic heterocycles. The highest BCUT2D eigenvalue weighted by Gasteiger charge is 2.31. The maximum absolute atomic E-state index is 13.4. The minimum Gasteiger partial charge on any atom is -0.314 e. The number of Topliss-reactive ketones (excluding diaryl/α,β-unsaturated/α-hetero) is 1. The fourth-order valence-electron chi connectivity index (χ4n) is 3.25. The van der Waals surface area contributed by atoms with E-state index in [0.29, 0.717) is 24.2 Å². The summed E-state index contributed by atoms with van der Waals surface area (Å²) in [6.07, 6.45) is 2.92. The third kappa shape index (κ3) is 4.05. The van der Waals surface area contributed by atoms with Crippen molar-refractivity contribution in [2.24, 2.45) is 5.92 Å². The van der Waals surface area contributed by atoms with Gasteiger partial charge in [0.1, 0.15) is 0 Å². The van der Waals surface area contributed by atoms with Gasteiger partial charge >= 0.3 is 6.03 Å². The van der Waals surface area contributed by atoms with Crippen LogP contribution in [-0.2, 0) is 13.1 Å². The number of benzene rings is 1. The van der Waals surface area contributed by atoms with Crippen LogP contribution in [0.3, 0.4) is 0 Å². The predicted molar refractivity (Wildman–Crippen MR) is 101 cm³/mol. The molecule has 8 heteroatoms. The van der Waals surface area contributed by atoms with E-state index in [1.165, 1.54) is 6.07 Å². The zero-order chi connectivity index (χ0) is 20.4. The number of fused-ring (bicyclic) bond motifs is 1. The number of aromatic nitrogens is 2. The molecule has 3 rings (SSSR count). The second-order valence-electron chi connectivity index (χ2n) is 7.36. The highest BCUT2D eigenvalue weighted by molar-refractivity contribution is 5.97. The van der Waals surface area contributed by atoms with Gasteiger partial charge in [-0.05, 0) is 25.0 Å². The van der Waals surface area contributed by atoms with Crippen molar-refractivity contribution in [3.63, 3.8) is 0 Å². The molecule has 1 N–H and O–H groups in total. The number of carbonyl (C=O) groups excluding carboxylic acids is 2. The van der Waals surface area contributed by atoms with Crippen LogP contribution in [0.1, 0.15) is 49.7 Å². The Morgan fingerprint density at radius 3 is 2.75 bits per heavy atom. The van der Waals surface area contributed by atoms with Gasteiger partial charge in [0.15, 0.2) is 17.4 Å². The summed E-state index contributed by atoms with van der Waals surface area (Å²) in [5.74, 6) is -1.71. The van der Waals surface area contributed by atoms with Crippen molar-refractivity contribution in [1.29, 1.82) is 0 Å². The molecule has 2 atom stereocenters. The molecule has 6 nitrogen and oxygen atoms in total. The topological polar surface area (TPSA) is 67.2 Å². The van der Waals surface area contributed by atoms with Crippen LogP contribution >= 0.6 is 0 Å². The average Bonchev–Trinajstić information content (AvgIpc) is 3.06. The summed E-state index contributed by atoms with van der Waals surface area (Å²) in [6, 6.07) is 2.59. The van der Waals surface area contributed by atoms with Crippen LogP contribution in [0.15, 0.2) is 24.4 Å². The van der Waals surface area contributed by atoms with Gasteiger partial charge < -0.3 is 10.2 Å². The number of amides is 2. The molecule has 0 radical (unpaired) electrons. The number of nitrogens with zero attached hydrogens (tertiary/aromatic N) is 3. The average molecular weight is 390 g/mol. The monoisotopic (exact) mass is 390 g/mol. The first-order valence-electron chi connectivity index (χ1n) is 9.40. The van der Waals surface area contributed by atoms with Crippen molar-refractivity contribution in [3.05, 3.63) is 47.3 Å². The lowest BCUT2D eigenvalue weighted by atomic mass is 9.97. The zero-order valence-electron chi connectivity index (χ0n) is 16.2. The van der Waals surface area contributed by atoms with Crippen molar-refractivity contribution >= 4 is 17.5 Å². The number of halogens is 2. The second kappa shape index (κ2) is 8.08. The van der Waals surface area contributed by atoms with Crippen LogP contribution in [0.5, 0.6) is 0 Å². The Morgan fingerprint density at radius 1 is 1.32 bits per heavy atom. The largest absolute Gasteiger partial charge is 0.322 e. The lowest BCUT2D eigenvalue weighted by Crippen LogP contribution is -2.47. The smallest absolute Gasteiger partial charge is 0.314 e. The van der Waals surface area contributed by atoms with Gasteiger partial charge in [0.25, 0.3) is 0 Å². The van der Waals surface area contributed by atoms with Crippen LogP contribution < -0.4 is 5.32 Å². The summed E-state index contributed by atoms with van der Waals surface area (Å²) in [5, 5.41) is 6.90. The summed E-state index contributed by atoms with van der Waals surface area (Å²) in [6.45, 7) is 6.61.